The molecule has 88 valence electrons. The molecule has 0 aliphatic carbocycles. The summed E-state index contributed by atoms with van der Waals surface area (Å²) in [5.74, 6) is 0. The van der Waals surface area contributed by atoms with Gasteiger partial charge in [-0.05, 0) is 18.4 Å². The number of hydrogen-bond donors (Lipinski definition) is 0. The number of benzene rings is 1. The molecular weight excluding hydrogens is 224 g/mol. The molecule has 0 bridgehead atoms. The lowest BCUT2D eigenvalue weighted by molar-refractivity contribution is -0.120. The van der Waals surface area contributed by atoms with Crippen LogP contribution in [-0.4, -0.2) is 25.7 Å². The molecule has 0 aromatic heterocycles. The van der Waals surface area contributed by atoms with E-state index in [0.717, 1.165) is 18.4 Å². The van der Waals surface area contributed by atoms with Crippen molar-refractivity contribution in [3.8, 4) is 0 Å². The van der Waals surface area contributed by atoms with E-state index in [1.165, 1.54) is 0 Å². The van der Waals surface area contributed by atoms with E-state index in [1.54, 1.807) is 7.11 Å². The molecule has 0 N–H and O–H groups in total. The predicted molar refractivity (Wildman–Crippen MR) is 64.8 cm³/mol. The second-order valence-corrected chi connectivity index (χ2v) is 4.85. The van der Waals surface area contributed by atoms with Crippen molar-refractivity contribution >= 4 is 11.6 Å². The van der Waals surface area contributed by atoms with Crippen molar-refractivity contribution in [3.05, 3.63) is 35.9 Å². The van der Waals surface area contributed by atoms with E-state index < -0.39 is 0 Å². The van der Waals surface area contributed by atoms with Crippen LogP contribution in [0.2, 0.25) is 0 Å². The fraction of sp³-hybridized carbons (Fsp3) is 0.538. The minimum atomic E-state index is -0.360. The Kier molecular flexibility index (Phi) is 3.85. The van der Waals surface area contributed by atoms with E-state index in [9.17, 15) is 0 Å². The normalized spacial score (nSPS) is 30.2. The molecule has 1 aromatic carbocycles. The molecule has 1 fully saturated rings. The maximum Gasteiger partial charge on any atom is 0.118 e. The Hall–Kier alpha value is -0.570. The zero-order valence-corrected chi connectivity index (χ0v) is 10.2. The number of methoxy groups -OCH3 is 1. The van der Waals surface area contributed by atoms with Gasteiger partial charge in [-0.1, -0.05) is 30.3 Å². The molecule has 0 spiro atoms. The summed E-state index contributed by atoms with van der Waals surface area (Å²) in [5, 5.41) is 0.170. The molecule has 2 rings (SSSR count). The zero-order chi connectivity index (χ0) is 11.4. The molecule has 16 heavy (non-hydrogen) atoms. The number of halogens is 1. The van der Waals surface area contributed by atoms with Gasteiger partial charge in [-0.15, -0.1) is 11.6 Å². The van der Waals surface area contributed by atoms with Gasteiger partial charge in [0.25, 0.3) is 0 Å². The van der Waals surface area contributed by atoms with Crippen LogP contribution < -0.4 is 0 Å². The van der Waals surface area contributed by atoms with Gasteiger partial charge in [-0.25, -0.2) is 0 Å². The minimum absolute atomic E-state index is 0.170. The molecule has 1 aromatic rings. The van der Waals surface area contributed by atoms with Crippen molar-refractivity contribution in [2.24, 2.45) is 0 Å². The highest BCUT2D eigenvalue weighted by Gasteiger charge is 2.38. The summed E-state index contributed by atoms with van der Waals surface area (Å²) >= 11 is 6.25. The monoisotopic (exact) mass is 240 g/mol. The molecule has 0 amide bonds. The fourth-order valence-corrected chi connectivity index (χ4v) is 2.60. The van der Waals surface area contributed by atoms with Gasteiger partial charge in [-0.3, -0.25) is 0 Å². The van der Waals surface area contributed by atoms with Crippen LogP contribution in [0.15, 0.2) is 30.3 Å². The maximum absolute atomic E-state index is 6.25. The van der Waals surface area contributed by atoms with Crippen LogP contribution in [0.5, 0.6) is 0 Å². The van der Waals surface area contributed by atoms with Crippen LogP contribution in [0.25, 0.3) is 0 Å². The zero-order valence-electron chi connectivity index (χ0n) is 9.49. The SMILES string of the molecule is COCC1(c2ccccc2)CC(Cl)CCO1. The lowest BCUT2D eigenvalue weighted by atomic mass is 9.87. The van der Waals surface area contributed by atoms with Crippen molar-refractivity contribution in [2.75, 3.05) is 20.3 Å². The van der Waals surface area contributed by atoms with Gasteiger partial charge in [0, 0.05) is 19.1 Å². The van der Waals surface area contributed by atoms with Crippen LogP contribution in [0, 0.1) is 0 Å². The summed E-state index contributed by atoms with van der Waals surface area (Å²) in [4.78, 5) is 0. The number of hydrogen-bond acceptors (Lipinski definition) is 2. The van der Waals surface area contributed by atoms with Crippen molar-refractivity contribution in [3.63, 3.8) is 0 Å². The molecule has 3 heteroatoms. The largest absolute Gasteiger partial charge is 0.381 e. The highest BCUT2D eigenvalue weighted by atomic mass is 35.5. The third-order valence-electron chi connectivity index (χ3n) is 3.04. The van der Waals surface area contributed by atoms with Gasteiger partial charge in [0.2, 0.25) is 0 Å². The topological polar surface area (TPSA) is 18.5 Å². The molecule has 1 saturated heterocycles. The van der Waals surface area contributed by atoms with E-state index in [-0.39, 0.29) is 11.0 Å². The lowest BCUT2D eigenvalue weighted by Gasteiger charge is -2.39. The van der Waals surface area contributed by atoms with Crippen molar-refractivity contribution in [2.45, 2.75) is 23.8 Å². The van der Waals surface area contributed by atoms with Crippen molar-refractivity contribution in [1.29, 1.82) is 0 Å². The second kappa shape index (κ2) is 5.17. The first kappa shape index (κ1) is 11.9. The van der Waals surface area contributed by atoms with Crippen molar-refractivity contribution in [1.82, 2.24) is 0 Å². The minimum Gasteiger partial charge on any atom is -0.381 e. The Morgan fingerprint density at radius 1 is 1.44 bits per heavy atom. The maximum atomic E-state index is 6.25. The summed E-state index contributed by atoms with van der Waals surface area (Å²) in [7, 11) is 1.70. The second-order valence-electron chi connectivity index (χ2n) is 4.23. The van der Waals surface area contributed by atoms with E-state index in [4.69, 9.17) is 21.1 Å². The first-order chi connectivity index (χ1) is 7.77. The van der Waals surface area contributed by atoms with Gasteiger partial charge in [0.1, 0.15) is 5.60 Å². The average Bonchev–Trinajstić information content (AvgIpc) is 2.31. The van der Waals surface area contributed by atoms with Crippen LogP contribution >= 0.6 is 11.6 Å². The smallest absolute Gasteiger partial charge is 0.118 e. The molecule has 1 aliphatic heterocycles. The van der Waals surface area contributed by atoms with Gasteiger partial charge >= 0.3 is 0 Å². The summed E-state index contributed by atoms with van der Waals surface area (Å²) < 4.78 is 11.3. The van der Waals surface area contributed by atoms with Gasteiger partial charge < -0.3 is 9.47 Å². The van der Waals surface area contributed by atoms with Gasteiger partial charge in [-0.2, -0.15) is 0 Å². The summed E-state index contributed by atoms with van der Waals surface area (Å²) in [5.41, 5.74) is 0.794. The van der Waals surface area contributed by atoms with E-state index >= 15 is 0 Å². The molecule has 2 atom stereocenters. The van der Waals surface area contributed by atoms with Crippen LogP contribution in [0.1, 0.15) is 18.4 Å². The molecular formula is C13H17ClO2. The van der Waals surface area contributed by atoms with Gasteiger partial charge in [0.05, 0.1) is 6.61 Å². The number of ether oxygens (including phenoxy) is 2. The van der Waals surface area contributed by atoms with E-state index in [1.807, 2.05) is 18.2 Å². The van der Waals surface area contributed by atoms with E-state index in [0.29, 0.717) is 13.2 Å². The molecule has 2 nitrogen and oxygen atoms in total. The van der Waals surface area contributed by atoms with E-state index in [2.05, 4.69) is 12.1 Å². The summed E-state index contributed by atoms with van der Waals surface area (Å²) in [6.45, 7) is 1.26. The molecule has 1 heterocycles. The average molecular weight is 241 g/mol. The Balaban J connectivity index is 2.27. The third kappa shape index (κ3) is 2.40. The molecule has 0 saturated carbocycles. The lowest BCUT2D eigenvalue weighted by Crippen LogP contribution is -2.41. The fourth-order valence-electron chi connectivity index (χ4n) is 2.26. The Morgan fingerprint density at radius 2 is 2.19 bits per heavy atom. The van der Waals surface area contributed by atoms with Crippen LogP contribution in [0.4, 0.5) is 0 Å². The van der Waals surface area contributed by atoms with Gasteiger partial charge in [0.15, 0.2) is 0 Å². The molecule has 1 aliphatic rings. The molecule has 2 unspecified atom stereocenters. The Bertz CT molecular complexity index is 324. The Labute approximate surface area is 102 Å². The first-order valence-electron chi connectivity index (χ1n) is 5.59. The predicted octanol–water partition coefficient (Wildman–Crippen LogP) is 2.95. The Morgan fingerprint density at radius 3 is 2.81 bits per heavy atom. The highest BCUT2D eigenvalue weighted by molar-refractivity contribution is 6.20. The van der Waals surface area contributed by atoms with Crippen molar-refractivity contribution < 1.29 is 9.47 Å². The quantitative estimate of drug-likeness (QED) is 0.757. The third-order valence-corrected chi connectivity index (χ3v) is 3.41. The number of alkyl halides is 1. The molecule has 0 radical (unpaired) electrons. The summed E-state index contributed by atoms with van der Waals surface area (Å²) in [6, 6.07) is 10.2. The first-order valence-corrected chi connectivity index (χ1v) is 6.03. The number of rotatable bonds is 3. The highest BCUT2D eigenvalue weighted by Crippen LogP contribution is 2.37. The standard InChI is InChI=1S/C13H17ClO2/c1-15-10-13(9-12(14)7-8-16-13)11-5-3-2-4-6-11/h2-6,12H,7-10H2,1H3. The van der Waals surface area contributed by atoms with Crippen LogP contribution in [0.3, 0.4) is 0 Å². The van der Waals surface area contributed by atoms with Crippen LogP contribution in [-0.2, 0) is 15.1 Å². The summed E-state index contributed by atoms with van der Waals surface area (Å²) in [6.07, 6.45) is 1.73.